The van der Waals surface area contributed by atoms with Crippen molar-refractivity contribution in [3.8, 4) is 22.8 Å². The fourth-order valence-electron chi connectivity index (χ4n) is 6.30. The number of hydrogen-bond donors (Lipinski definition) is 2. The molecule has 0 unspecified atom stereocenters. The lowest BCUT2D eigenvalue weighted by Gasteiger charge is -2.29. The van der Waals surface area contributed by atoms with E-state index in [1.54, 1.807) is 6.07 Å². The maximum atomic E-state index is 14.3. The zero-order valence-electron chi connectivity index (χ0n) is 27.4. The third kappa shape index (κ3) is 9.30. The number of nitrogens with zero attached hydrogens (tertiary/aromatic N) is 3. The number of halogens is 1. The van der Waals surface area contributed by atoms with Crippen LogP contribution in [-0.4, -0.2) is 59.7 Å². The van der Waals surface area contributed by atoms with Crippen LogP contribution in [0.25, 0.3) is 11.1 Å². The summed E-state index contributed by atoms with van der Waals surface area (Å²) in [7, 11) is -3.45. The van der Waals surface area contributed by atoms with Crippen molar-refractivity contribution >= 4 is 21.9 Å². The molecule has 49 heavy (non-hydrogen) atoms. The summed E-state index contributed by atoms with van der Waals surface area (Å²) in [6.45, 7) is 1.03. The van der Waals surface area contributed by atoms with E-state index in [0.29, 0.717) is 50.0 Å². The van der Waals surface area contributed by atoms with Gasteiger partial charge in [0.15, 0.2) is 0 Å². The normalized spacial score (nSPS) is 17.6. The number of pyridine rings is 1. The Balaban J connectivity index is 1.03. The molecule has 1 fully saturated rings. The fraction of sp³-hybridized carbons (Fsp3) is 0.389. The van der Waals surface area contributed by atoms with Crippen LogP contribution in [0.2, 0.25) is 0 Å². The van der Waals surface area contributed by atoms with Crippen molar-refractivity contribution in [3.63, 3.8) is 0 Å². The molecule has 2 aliphatic rings. The molecule has 11 nitrogen and oxygen atoms in total. The maximum Gasteiger partial charge on any atom is 0.271 e. The molecule has 2 amide bonds. The van der Waals surface area contributed by atoms with Gasteiger partial charge in [-0.3, -0.25) is 13.8 Å². The predicted octanol–water partition coefficient (Wildman–Crippen LogP) is 5.59. The van der Waals surface area contributed by atoms with E-state index in [1.165, 1.54) is 0 Å². The molecule has 13 heteroatoms. The minimum absolute atomic E-state index is 0.00576. The lowest BCUT2D eigenvalue weighted by atomic mass is 9.91. The van der Waals surface area contributed by atoms with E-state index in [4.69, 9.17) is 8.92 Å². The first-order valence-electron chi connectivity index (χ1n) is 16.6. The summed E-state index contributed by atoms with van der Waals surface area (Å²) >= 11 is 0. The second-order valence-electron chi connectivity index (χ2n) is 12.7. The van der Waals surface area contributed by atoms with Crippen LogP contribution in [0.3, 0.4) is 0 Å². The minimum Gasteiger partial charge on any atom is -0.438 e. The summed E-state index contributed by atoms with van der Waals surface area (Å²) in [4.78, 5) is 34.8. The van der Waals surface area contributed by atoms with Gasteiger partial charge in [0.05, 0.1) is 19.1 Å². The van der Waals surface area contributed by atoms with Gasteiger partial charge in [-0.15, -0.1) is 0 Å². The molecule has 1 aliphatic carbocycles. The number of ether oxygens (including phenoxy) is 1. The minimum atomic E-state index is -3.45. The van der Waals surface area contributed by atoms with Crippen LogP contribution in [0.5, 0.6) is 11.6 Å². The van der Waals surface area contributed by atoms with Gasteiger partial charge >= 0.3 is 0 Å². The summed E-state index contributed by atoms with van der Waals surface area (Å²) in [5.74, 6) is 0.0883. The largest absolute Gasteiger partial charge is 0.438 e. The Morgan fingerprint density at radius 3 is 2.41 bits per heavy atom. The summed E-state index contributed by atoms with van der Waals surface area (Å²) < 4.78 is 49.5. The quantitative estimate of drug-likeness (QED) is 0.145. The summed E-state index contributed by atoms with van der Waals surface area (Å²) in [5, 5.41) is 6.10. The topological polar surface area (TPSA) is 142 Å². The van der Waals surface area contributed by atoms with Crippen LogP contribution >= 0.6 is 0 Å². The van der Waals surface area contributed by atoms with E-state index in [2.05, 4.69) is 25.2 Å². The fourth-order valence-corrected chi connectivity index (χ4v) is 6.72. The third-order valence-electron chi connectivity index (χ3n) is 8.84. The highest BCUT2D eigenvalue weighted by Gasteiger charge is 2.27. The van der Waals surface area contributed by atoms with Crippen molar-refractivity contribution in [2.45, 2.75) is 76.4 Å². The Bertz CT molecular complexity index is 1880. The van der Waals surface area contributed by atoms with Crippen molar-refractivity contribution in [3.05, 3.63) is 95.5 Å². The van der Waals surface area contributed by atoms with E-state index >= 15 is 0 Å². The molecule has 0 saturated heterocycles. The van der Waals surface area contributed by atoms with E-state index in [-0.39, 0.29) is 36.0 Å². The summed E-state index contributed by atoms with van der Waals surface area (Å²) in [6, 6.07) is 16.1. The average Bonchev–Trinajstić information content (AvgIpc) is 3.53. The number of aromatic nitrogens is 3. The van der Waals surface area contributed by atoms with E-state index in [0.717, 1.165) is 66.8 Å². The van der Waals surface area contributed by atoms with Crippen LogP contribution < -0.4 is 15.4 Å². The molecule has 6 rings (SSSR count). The molecule has 0 spiro atoms. The SMILES string of the molecule is CS(=O)(=O)OCCCc1ccc(-c2cccc(Oc3ncc(F)cc3C(=O)N[C@H]3CC[C@H](NC(=O)c4cn5c(n4)CCCC5)CC3)c2)cc1. The highest BCUT2D eigenvalue weighted by atomic mass is 32.2. The lowest BCUT2D eigenvalue weighted by molar-refractivity contribution is 0.0887. The highest BCUT2D eigenvalue weighted by Crippen LogP contribution is 2.29. The molecule has 2 N–H and O–H groups in total. The maximum absolute atomic E-state index is 14.3. The monoisotopic (exact) mass is 689 g/mol. The van der Waals surface area contributed by atoms with E-state index < -0.39 is 21.8 Å². The molecule has 0 bridgehead atoms. The number of amides is 2. The summed E-state index contributed by atoms with van der Waals surface area (Å²) in [5.41, 5.74) is 3.30. The molecular formula is C36H40FN5O6S. The lowest BCUT2D eigenvalue weighted by Crippen LogP contribution is -2.44. The first-order valence-corrected chi connectivity index (χ1v) is 18.5. The zero-order chi connectivity index (χ0) is 34.4. The standard InChI is InChI=1S/C36H40FN5O6S/c1-49(45,46)47-19-5-6-24-10-12-25(13-11-24)26-7-4-8-30(20-26)48-36-31(21-27(37)22-38-36)34(43)39-28-14-16-29(17-15-28)40-35(44)32-23-42-18-3-2-9-33(42)41-32/h4,7-8,10-13,20-23,28-29H,2-3,5-6,9,14-19H2,1H3,(H,39,43)(H,40,44)/t28-,29-. The molecular weight excluding hydrogens is 649 g/mol. The van der Waals surface area contributed by atoms with Crippen LogP contribution in [0.15, 0.2) is 67.0 Å². The third-order valence-corrected chi connectivity index (χ3v) is 9.44. The molecule has 4 aromatic rings. The number of fused-ring (bicyclic) bond motifs is 1. The average molecular weight is 690 g/mol. The van der Waals surface area contributed by atoms with Crippen molar-refractivity contribution in [2.75, 3.05) is 12.9 Å². The highest BCUT2D eigenvalue weighted by molar-refractivity contribution is 7.85. The zero-order valence-corrected chi connectivity index (χ0v) is 28.2. The second kappa shape index (κ2) is 15.3. The van der Waals surface area contributed by atoms with Gasteiger partial charge in [-0.25, -0.2) is 14.4 Å². The Kier molecular flexibility index (Phi) is 10.7. The Hall–Kier alpha value is -4.62. The Morgan fingerprint density at radius 2 is 1.69 bits per heavy atom. The number of carbonyl (C=O) groups excluding carboxylic acids is 2. The Labute approximate surface area is 285 Å². The van der Waals surface area contributed by atoms with Gasteiger partial charge in [0.2, 0.25) is 5.88 Å². The van der Waals surface area contributed by atoms with Gasteiger partial charge in [-0.2, -0.15) is 8.42 Å². The smallest absolute Gasteiger partial charge is 0.271 e. The van der Waals surface area contributed by atoms with Crippen molar-refractivity contribution < 1.29 is 31.3 Å². The van der Waals surface area contributed by atoms with Crippen molar-refractivity contribution in [2.24, 2.45) is 0 Å². The van der Waals surface area contributed by atoms with Gasteiger partial charge in [-0.1, -0.05) is 36.4 Å². The van der Waals surface area contributed by atoms with Crippen molar-refractivity contribution in [1.82, 2.24) is 25.2 Å². The number of aryl methyl sites for hydroxylation is 3. The van der Waals surface area contributed by atoms with E-state index in [9.17, 15) is 22.4 Å². The molecule has 1 saturated carbocycles. The number of nitrogens with one attached hydrogen (secondary N) is 2. The molecule has 0 radical (unpaired) electrons. The molecule has 1 aliphatic heterocycles. The van der Waals surface area contributed by atoms with E-state index in [1.807, 2.05) is 48.7 Å². The second-order valence-corrected chi connectivity index (χ2v) is 14.3. The number of rotatable bonds is 12. The summed E-state index contributed by atoms with van der Waals surface area (Å²) in [6.07, 6.45) is 10.9. The number of benzene rings is 2. The van der Waals surface area contributed by atoms with Crippen LogP contribution in [-0.2, 0) is 33.7 Å². The molecule has 3 heterocycles. The van der Waals surface area contributed by atoms with Crippen LogP contribution in [0, 0.1) is 5.82 Å². The first kappa shape index (κ1) is 34.3. The molecule has 0 atom stereocenters. The number of imidazole rings is 1. The van der Waals surface area contributed by atoms with Gasteiger partial charge in [-0.05, 0) is 86.3 Å². The van der Waals surface area contributed by atoms with Gasteiger partial charge in [0.1, 0.15) is 28.6 Å². The molecule has 2 aromatic carbocycles. The number of carbonyl (C=O) groups is 2. The van der Waals surface area contributed by atoms with Crippen molar-refractivity contribution in [1.29, 1.82) is 0 Å². The first-order chi connectivity index (χ1) is 23.6. The van der Waals surface area contributed by atoms with Crippen LogP contribution in [0.1, 0.15) is 77.2 Å². The van der Waals surface area contributed by atoms with Gasteiger partial charge < -0.3 is 19.9 Å². The molecule has 2 aromatic heterocycles. The van der Waals surface area contributed by atoms with Crippen LogP contribution in [0.4, 0.5) is 4.39 Å². The molecule has 258 valence electrons. The van der Waals surface area contributed by atoms with Gasteiger partial charge in [0.25, 0.3) is 21.9 Å². The van der Waals surface area contributed by atoms with Gasteiger partial charge in [0, 0.05) is 31.2 Å². The predicted molar refractivity (Wildman–Crippen MR) is 181 cm³/mol. The Morgan fingerprint density at radius 1 is 0.959 bits per heavy atom. The number of hydrogen-bond acceptors (Lipinski definition) is 8.